The lowest BCUT2D eigenvalue weighted by Crippen LogP contribution is -2.42. The molecule has 1 aliphatic rings. The molecule has 6 nitrogen and oxygen atoms in total. The summed E-state index contributed by atoms with van der Waals surface area (Å²) in [6, 6.07) is 1.28. The molecule has 2 atom stereocenters. The monoisotopic (exact) mass is 294 g/mol. The molecule has 1 fully saturated rings. The molecule has 1 aliphatic carbocycles. The molecule has 1 amide bonds. The first kappa shape index (κ1) is 15.5. The average molecular weight is 294 g/mol. The number of rotatable bonds is 4. The lowest BCUT2D eigenvalue weighted by molar-refractivity contribution is -0.142. The molecule has 1 aromatic rings. The maximum Gasteiger partial charge on any atom is 0.308 e. The van der Waals surface area contributed by atoms with Crippen molar-refractivity contribution in [3.05, 3.63) is 17.5 Å². The average Bonchev–Trinajstić information content (AvgIpc) is 2.81. The van der Waals surface area contributed by atoms with Gasteiger partial charge in [0.25, 0.3) is 5.91 Å². The molecule has 0 aromatic carbocycles. The van der Waals surface area contributed by atoms with Gasteiger partial charge in [0.1, 0.15) is 5.76 Å². The van der Waals surface area contributed by atoms with E-state index in [1.165, 1.54) is 0 Å². The molecule has 0 aliphatic heterocycles. The van der Waals surface area contributed by atoms with Crippen molar-refractivity contribution in [3.8, 4) is 0 Å². The van der Waals surface area contributed by atoms with Gasteiger partial charge >= 0.3 is 5.97 Å². The topological polar surface area (TPSA) is 92.4 Å². The summed E-state index contributed by atoms with van der Waals surface area (Å²) in [5.74, 6) is -0.915. The van der Waals surface area contributed by atoms with Gasteiger partial charge in [-0.05, 0) is 12.8 Å². The molecule has 0 spiro atoms. The Labute approximate surface area is 123 Å². The van der Waals surface area contributed by atoms with Gasteiger partial charge in [0.2, 0.25) is 0 Å². The lowest BCUT2D eigenvalue weighted by Gasteiger charge is -2.22. The maximum absolute atomic E-state index is 12.2. The molecule has 21 heavy (non-hydrogen) atoms. The smallest absolute Gasteiger partial charge is 0.308 e. The number of nitrogens with one attached hydrogen (secondary N) is 1. The number of carbonyl (C=O) groups excluding carboxylic acids is 1. The van der Waals surface area contributed by atoms with Gasteiger partial charge < -0.3 is 14.9 Å². The van der Waals surface area contributed by atoms with Gasteiger partial charge in [-0.15, -0.1) is 0 Å². The standard InChI is InChI=1S/C15H22N2O4/c1-9(2)13-8-12(17-21-13)14(18)16-11-7-5-3-4-6-10(11)15(19)20/h8-11H,3-7H2,1-2H3,(H,16,18)(H,19,20)/t10-,11+/m1/s1. The Balaban J connectivity index is 2.06. The van der Waals surface area contributed by atoms with Crippen LogP contribution in [0.15, 0.2) is 10.6 Å². The number of carboxylic acid groups (broad SMARTS) is 1. The van der Waals surface area contributed by atoms with E-state index in [0.717, 1.165) is 19.3 Å². The number of carboxylic acids is 1. The van der Waals surface area contributed by atoms with Gasteiger partial charge in [-0.2, -0.15) is 0 Å². The van der Waals surface area contributed by atoms with E-state index in [-0.39, 0.29) is 23.6 Å². The van der Waals surface area contributed by atoms with E-state index >= 15 is 0 Å². The quantitative estimate of drug-likeness (QED) is 0.832. The van der Waals surface area contributed by atoms with Crippen LogP contribution in [0.5, 0.6) is 0 Å². The molecule has 1 heterocycles. The highest BCUT2D eigenvalue weighted by atomic mass is 16.5. The second kappa shape index (κ2) is 6.74. The number of aromatic nitrogens is 1. The first-order valence-corrected chi connectivity index (χ1v) is 7.49. The summed E-state index contributed by atoms with van der Waals surface area (Å²) in [5.41, 5.74) is 0.215. The number of aliphatic carboxylic acids is 1. The van der Waals surface area contributed by atoms with Gasteiger partial charge in [-0.3, -0.25) is 9.59 Å². The fourth-order valence-corrected chi connectivity index (χ4v) is 2.69. The molecule has 2 rings (SSSR count). The second-order valence-electron chi connectivity index (χ2n) is 5.93. The fraction of sp³-hybridized carbons (Fsp3) is 0.667. The van der Waals surface area contributed by atoms with Crippen molar-refractivity contribution in [3.63, 3.8) is 0 Å². The number of hydrogen-bond donors (Lipinski definition) is 2. The van der Waals surface area contributed by atoms with Crippen molar-refractivity contribution in [2.24, 2.45) is 5.92 Å². The number of nitrogens with zero attached hydrogens (tertiary/aromatic N) is 1. The largest absolute Gasteiger partial charge is 0.481 e. The van der Waals surface area contributed by atoms with E-state index in [1.54, 1.807) is 6.07 Å². The molecule has 116 valence electrons. The molecule has 2 N–H and O–H groups in total. The van der Waals surface area contributed by atoms with Crippen LogP contribution in [0.25, 0.3) is 0 Å². The van der Waals surface area contributed by atoms with Gasteiger partial charge in [-0.25, -0.2) is 0 Å². The zero-order valence-corrected chi connectivity index (χ0v) is 12.5. The van der Waals surface area contributed by atoms with Crippen molar-refractivity contribution in [2.75, 3.05) is 0 Å². The Morgan fingerprint density at radius 3 is 2.67 bits per heavy atom. The van der Waals surface area contributed by atoms with Crippen LogP contribution in [0.1, 0.15) is 68.1 Å². The zero-order valence-electron chi connectivity index (χ0n) is 12.5. The summed E-state index contributed by atoms with van der Waals surface area (Å²) >= 11 is 0. The molecule has 6 heteroatoms. The van der Waals surface area contributed by atoms with E-state index in [4.69, 9.17) is 4.52 Å². The van der Waals surface area contributed by atoms with Gasteiger partial charge in [0.15, 0.2) is 5.69 Å². The van der Waals surface area contributed by atoms with Crippen LogP contribution in [0.2, 0.25) is 0 Å². The van der Waals surface area contributed by atoms with E-state index < -0.39 is 11.9 Å². The fourth-order valence-electron chi connectivity index (χ4n) is 2.69. The summed E-state index contributed by atoms with van der Waals surface area (Å²) in [7, 11) is 0. The van der Waals surface area contributed by atoms with Crippen LogP contribution in [-0.4, -0.2) is 28.2 Å². The summed E-state index contributed by atoms with van der Waals surface area (Å²) in [6.07, 6.45) is 4.14. The van der Waals surface area contributed by atoms with Crippen molar-refractivity contribution in [1.29, 1.82) is 0 Å². The van der Waals surface area contributed by atoms with Crippen LogP contribution >= 0.6 is 0 Å². The first-order chi connectivity index (χ1) is 9.99. The summed E-state index contributed by atoms with van der Waals surface area (Å²) in [5, 5.41) is 15.9. The van der Waals surface area contributed by atoms with Crippen LogP contribution in [0.4, 0.5) is 0 Å². The Hall–Kier alpha value is -1.85. The molecule has 1 saturated carbocycles. The van der Waals surface area contributed by atoms with Crippen LogP contribution < -0.4 is 5.32 Å². The lowest BCUT2D eigenvalue weighted by atomic mass is 9.95. The SMILES string of the molecule is CC(C)c1cc(C(=O)N[C@H]2CCCCC[C@H]2C(=O)O)no1. The van der Waals surface area contributed by atoms with Crippen LogP contribution in [0.3, 0.4) is 0 Å². The molecule has 0 radical (unpaired) electrons. The minimum atomic E-state index is -0.842. The summed E-state index contributed by atoms with van der Waals surface area (Å²) in [6.45, 7) is 3.90. The normalized spacial score (nSPS) is 22.8. The van der Waals surface area contributed by atoms with Crippen molar-refractivity contribution >= 4 is 11.9 Å². The third-order valence-electron chi connectivity index (χ3n) is 3.98. The third-order valence-corrected chi connectivity index (χ3v) is 3.98. The first-order valence-electron chi connectivity index (χ1n) is 7.49. The Bertz CT molecular complexity index is 510. The number of amides is 1. The van der Waals surface area contributed by atoms with Crippen LogP contribution in [0, 0.1) is 5.92 Å². The predicted molar refractivity (Wildman–Crippen MR) is 76.1 cm³/mol. The van der Waals surface area contributed by atoms with E-state index in [1.807, 2.05) is 13.8 Å². The number of hydrogen-bond acceptors (Lipinski definition) is 4. The van der Waals surface area contributed by atoms with E-state index in [0.29, 0.717) is 18.6 Å². The van der Waals surface area contributed by atoms with Crippen molar-refractivity contribution in [2.45, 2.75) is 57.9 Å². The highest BCUT2D eigenvalue weighted by Crippen LogP contribution is 2.24. The predicted octanol–water partition coefficient (Wildman–Crippen LogP) is 2.56. The minimum Gasteiger partial charge on any atom is -0.481 e. The van der Waals surface area contributed by atoms with Gasteiger partial charge in [0.05, 0.1) is 5.92 Å². The second-order valence-corrected chi connectivity index (χ2v) is 5.93. The van der Waals surface area contributed by atoms with Crippen molar-refractivity contribution < 1.29 is 19.2 Å². The Kier molecular flexibility index (Phi) is 4.98. The van der Waals surface area contributed by atoms with Gasteiger partial charge in [0, 0.05) is 18.0 Å². The Morgan fingerprint density at radius 2 is 2.05 bits per heavy atom. The minimum absolute atomic E-state index is 0.156. The summed E-state index contributed by atoms with van der Waals surface area (Å²) < 4.78 is 5.11. The third kappa shape index (κ3) is 3.83. The van der Waals surface area contributed by atoms with Crippen molar-refractivity contribution in [1.82, 2.24) is 10.5 Å². The highest BCUT2D eigenvalue weighted by molar-refractivity contribution is 5.92. The highest BCUT2D eigenvalue weighted by Gasteiger charge is 2.31. The molecule has 0 bridgehead atoms. The molecule has 0 unspecified atom stereocenters. The molecule has 0 saturated heterocycles. The maximum atomic E-state index is 12.2. The van der Waals surface area contributed by atoms with Crippen LogP contribution in [-0.2, 0) is 4.79 Å². The van der Waals surface area contributed by atoms with Gasteiger partial charge in [-0.1, -0.05) is 38.3 Å². The summed E-state index contributed by atoms with van der Waals surface area (Å²) in [4.78, 5) is 23.5. The molecular formula is C15H22N2O4. The number of carbonyl (C=O) groups is 2. The Morgan fingerprint density at radius 1 is 1.33 bits per heavy atom. The molecular weight excluding hydrogens is 272 g/mol. The van der Waals surface area contributed by atoms with E-state index in [2.05, 4.69) is 10.5 Å². The molecule has 1 aromatic heterocycles. The zero-order chi connectivity index (χ0) is 15.4. The van der Waals surface area contributed by atoms with E-state index in [9.17, 15) is 14.7 Å².